The molecule has 0 aliphatic carbocycles. The van der Waals surface area contributed by atoms with Crippen molar-refractivity contribution >= 4 is 28.9 Å². The lowest BCUT2D eigenvalue weighted by Crippen LogP contribution is -2.54. The third-order valence-corrected chi connectivity index (χ3v) is 3.78. The normalized spacial score (nSPS) is 16.3. The topological polar surface area (TPSA) is 57.7 Å². The molecular formula is C12H14N2O3S. The molecule has 1 aliphatic rings. The highest BCUT2D eigenvalue weighted by Crippen LogP contribution is 2.12. The van der Waals surface area contributed by atoms with Crippen LogP contribution in [0.15, 0.2) is 17.5 Å². The molecule has 0 atom stereocenters. The molecule has 2 amide bonds. The van der Waals surface area contributed by atoms with Gasteiger partial charge < -0.3 is 9.80 Å². The van der Waals surface area contributed by atoms with E-state index in [-0.39, 0.29) is 37.2 Å². The zero-order chi connectivity index (χ0) is 13.1. The lowest BCUT2D eigenvalue weighted by atomic mass is 10.2. The Morgan fingerprint density at radius 3 is 2.56 bits per heavy atom. The fraction of sp³-hybridized carbons (Fsp3) is 0.417. The number of nitrogens with zero attached hydrogens (tertiary/aromatic N) is 2. The van der Waals surface area contributed by atoms with Crippen LogP contribution in [0.4, 0.5) is 0 Å². The van der Waals surface area contributed by atoms with Crippen molar-refractivity contribution in [3.05, 3.63) is 22.4 Å². The summed E-state index contributed by atoms with van der Waals surface area (Å²) in [6.07, 6.45) is 0. The highest BCUT2D eigenvalue weighted by Gasteiger charge is 2.30. The van der Waals surface area contributed by atoms with Crippen LogP contribution in [-0.2, 0) is 9.59 Å². The van der Waals surface area contributed by atoms with Crippen LogP contribution in [0.2, 0.25) is 0 Å². The van der Waals surface area contributed by atoms with E-state index in [2.05, 4.69) is 0 Å². The van der Waals surface area contributed by atoms with Gasteiger partial charge in [0.05, 0.1) is 18.0 Å². The first-order valence-electron chi connectivity index (χ1n) is 5.74. The molecule has 0 saturated carbocycles. The number of carbonyl (C=O) groups excluding carboxylic acids is 3. The van der Waals surface area contributed by atoms with Crippen molar-refractivity contribution in [3.8, 4) is 0 Å². The van der Waals surface area contributed by atoms with Gasteiger partial charge in [-0.25, -0.2) is 0 Å². The summed E-state index contributed by atoms with van der Waals surface area (Å²) in [6.45, 7) is 2.43. The maximum atomic E-state index is 11.9. The van der Waals surface area contributed by atoms with Crippen molar-refractivity contribution in [2.45, 2.75) is 6.92 Å². The minimum absolute atomic E-state index is 0.00376. The van der Waals surface area contributed by atoms with E-state index in [0.29, 0.717) is 11.4 Å². The standard InChI is InChI=1S/C12H14N2O3S/c1-2-13-7-12(17)14(8-11(13)16)6-9(15)10-4-3-5-18-10/h3-5H,2,6-8H2,1H3. The van der Waals surface area contributed by atoms with Crippen LogP contribution in [0.1, 0.15) is 16.6 Å². The van der Waals surface area contributed by atoms with Crippen LogP contribution in [0.25, 0.3) is 0 Å². The molecule has 18 heavy (non-hydrogen) atoms. The summed E-state index contributed by atoms with van der Waals surface area (Å²) in [6, 6.07) is 3.52. The van der Waals surface area contributed by atoms with E-state index >= 15 is 0 Å². The van der Waals surface area contributed by atoms with Gasteiger partial charge in [0, 0.05) is 6.54 Å². The monoisotopic (exact) mass is 266 g/mol. The molecule has 1 aromatic rings. The number of thiophene rings is 1. The molecule has 0 unspecified atom stereocenters. The SMILES string of the molecule is CCN1CC(=O)N(CC(=O)c2cccs2)CC1=O. The molecule has 1 fully saturated rings. The first kappa shape index (κ1) is 12.8. The maximum absolute atomic E-state index is 11.9. The Morgan fingerprint density at radius 1 is 1.28 bits per heavy atom. The average Bonchev–Trinajstić information content (AvgIpc) is 2.87. The number of likely N-dealkylation sites (N-methyl/N-ethyl adjacent to an activating group) is 1. The Balaban J connectivity index is 2.00. The Morgan fingerprint density at radius 2 is 1.94 bits per heavy atom. The third-order valence-electron chi connectivity index (χ3n) is 2.87. The molecule has 0 bridgehead atoms. The highest BCUT2D eigenvalue weighted by atomic mass is 32.1. The predicted molar refractivity (Wildman–Crippen MR) is 67.5 cm³/mol. The largest absolute Gasteiger partial charge is 0.332 e. The molecule has 1 aliphatic heterocycles. The number of Topliss-reactive ketones (excluding diaryl/α,β-unsaturated/α-hetero) is 1. The van der Waals surface area contributed by atoms with Crippen LogP contribution < -0.4 is 0 Å². The molecule has 2 heterocycles. The van der Waals surface area contributed by atoms with E-state index in [0.717, 1.165) is 0 Å². The van der Waals surface area contributed by atoms with Gasteiger partial charge in [0.15, 0.2) is 5.78 Å². The molecule has 6 heteroatoms. The number of hydrogen-bond donors (Lipinski definition) is 0. The van der Waals surface area contributed by atoms with Gasteiger partial charge in [-0.15, -0.1) is 11.3 Å². The van der Waals surface area contributed by atoms with Crippen molar-refractivity contribution in [1.82, 2.24) is 9.80 Å². The smallest absolute Gasteiger partial charge is 0.243 e. The highest BCUT2D eigenvalue weighted by molar-refractivity contribution is 7.12. The van der Waals surface area contributed by atoms with Gasteiger partial charge >= 0.3 is 0 Å². The van der Waals surface area contributed by atoms with Gasteiger partial charge in [-0.2, -0.15) is 0 Å². The van der Waals surface area contributed by atoms with E-state index in [4.69, 9.17) is 0 Å². The number of ketones is 1. The zero-order valence-electron chi connectivity index (χ0n) is 10.1. The van der Waals surface area contributed by atoms with E-state index in [1.165, 1.54) is 21.1 Å². The number of rotatable bonds is 4. The number of piperazine rings is 1. The molecule has 0 N–H and O–H groups in total. The summed E-state index contributed by atoms with van der Waals surface area (Å²) < 4.78 is 0. The van der Waals surface area contributed by atoms with E-state index in [1.807, 2.05) is 12.3 Å². The fourth-order valence-corrected chi connectivity index (χ4v) is 2.48. The van der Waals surface area contributed by atoms with Gasteiger partial charge in [0.1, 0.15) is 6.54 Å². The van der Waals surface area contributed by atoms with Crippen molar-refractivity contribution < 1.29 is 14.4 Å². The quantitative estimate of drug-likeness (QED) is 0.751. The predicted octanol–water partition coefficient (Wildman–Crippen LogP) is 0.621. The summed E-state index contributed by atoms with van der Waals surface area (Å²) in [7, 11) is 0. The van der Waals surface area contributed by atoms with E-state index in [9.17, 15) is 14.4 Å². The van der Waals surface area contributed by atoms with Crippen molar-refractivity contribution in [2.24, 2.45) is 0 Å². The van der Waals surface area contributed by atoms with Gasteiger partial charge in [-0.3, -0.25) is 14.4 Å². The van der Waals surface area contributed by atoms with Crippen LogP contribution >= 0.6 is 11.3 Å². The van der Waals surface area contributed by atoms with Gasteiger partial charge in [-0.1, -0.05) is 6.07 Å². The van der Waals surface area contributed by atoms with Gasteiger partial charge in [0.2, 0.25) is 11.8 Å². The molecule has 5 nitrogen and oxygen atoms in total. The minimum Gasteiger partial charge on any atom is -0.332 e. The number of amides is 2. The average molecular weight is 266 g/mol. The first-order valence-corrected chi connectivity index (χ1v) is 6.62. The van der Waals surface area contributed by atoms with Crippen LogP contribution in [0, 0.1) is 0 Å². The Labute approximate surface area is 109 Å². The van der Waals surface area contributed by atoms with Crippen LogP contribution in [0.5, 0.6) is 0 Å². The van der Waals surface area contributed by atoms with Crippen LogP contribution in [-0.4, -0.2) is 53.6 Å². The van der Waals surface area contributed by atoms with Crippen molar-refractivity contribution in [2.75, 3.05) is 26.2 Å². The van der Waals surface area contributed by atoms with E-state index < -0.39 is 0 Å². The van der Waals surface area contributed by atoms with Gasteiger partial charge in [-0.05, 0) is 18.4 Å². The summed E-state index contributed by atoms with van der Waals surface area (Å²) in [5.74, 6) is -0.381. The van der Waals surface area contributed by atoms with Gasteiger partial charge in [0.25, 0.3) is 0 Å². The molecule has 2 rings (SSSR count). The number of hydrogen-bond acceptors (Lipinski definition) is 4. The zero-order valence-corrected chi connectivity index (χ0v) is 10.9. The molecule has 0 spiro atoms. The fourth-order valence-electron chi connectivity index (χ4n) is 1.82. The summed E-state index contributed by atoms with van der Waals surface area (Å²) in [5.41, 5.74) is 0. The summed E-state index contributed by atoms with van der Waals surface area (Å²) >= 11 is 1.34. The second-order valence-corrected chi connectivity index (χ2v) is 5.01. The second-order valence-electron chi connectivity index (χ2n) is 4.06. The minimum atomic E-state index is -0.165. The Kier molecular flexibility index (Phi) is 3.76. The number of carbonyl (C=O) groups is 3. The second kappa shape index (κ2) is 5.30. The molecule has 0 aromatic carbocycles. The van der Waals surface area contributed by atoms with E-state index in [1.54, 1.807) is 12.1 Å². The third kappa shape index (κ3) is 2.59. The lowest BCUT2D eigenvalue weighted by molar-refractivity contribution is -0.149. The van der Waals surface area contributed by atoms with Crippen molar-refractivity contribution in [3.63, 3.8) is 0 Å². The van der Waals surface area contributed by atoms with Crippen LogP contribution in [0.3, 0.4) is 0 Å². The lowest BCUT2D eigenvalue weighted by Gasteiger charge is -2.32. The first-order chi connectivity index (χ1) is 8.61. The molecule has 0 radical (unpaired) electrons. The molecule has 96 valence electrons. The Bertz CT molecular complexity index is 470. The Hall–Kier alpha value is -1.69. The summed E-state index contributed by atoms with van der Waals surface area (Å²) in [4.78, 5) is 38.8. The molecular weight excluding hydrogens is 252 g/mol. The molecule has 1 saturated heterocycles. The summed E-state index contributed by atoms with van der Waals surface area (Å²) in [5, 5.41) is 1.81. The maximum Gasteiger partial charge on any atom is 0.243 e. The molecule has 1 aromatic heterocycles. The van der Waals surface area contributed by atoms with Crippen molar-refractivity contribution in [1.29, 1.82) is 0 Å².